The summed E-state index contributed by atoms with van der Waals surface area (Å²) in [6, 6.07) is 6.30. The molecule has 114 valence electrons. The topological polar surface area (TPSA) is 92.6 Å². The Morgan fingerprint density at radius 2 is 2.05 bits per heavy atom. The summed E-state index contributed by atoms with van der Waals surface area (Å²) >= 11 is 0. The molecule has 0 bridgehead atoms. The number of rotatable bonds is 3. The Labute approximate surface area is 126 Å². The largest absolute Gasteiger partial charge is 0.480 e. The number of amides is 1. The first-order valence-corrected chi connectivity index (χ1v) is 6.88. The van der Waals surface area contributed by atoms with Gasteiger partial charge in [-0.05, 0) is 12.1 Å². The zero-order valence-electron chi connectivity index (χ0n) is 12.0. The molecule has 2 unspecified atom stereocenters. The highest BCUT2D eigenvalue weighted by Gasteiger charge is 2.40. The van der Waals surface area contributed by atoms with Crippen LogP contribution in [0.3, 0.4) is 0 Å². The van der Waals surface area contributed by atoms with Gasteiger partial charge in [0.1, 0.15) is 11.7 Å². The SMILES string of the molecule is COC1CC(C(=O)O)N(C(=O)c2cnc3ccccc3n2)C1. The second-order valence-electron chi connectivity index (χ2n) is 5.15. The lowest BCUT2D eigenvalue weighted by molar-refractivity contribution is -0.141. The number of aromatic nitrogens is 2. The quantitative estimate of drug-likeness (QED) is 0.907. The van der Waals surface area contributed by atoms with E-state index in [-0.39, 0.29) is 24.8 Å². The lowest BCUT2D eigenvalue weighted by Crippen LogP contribution is -2.41. The number of carbonyl (C=O) groups excluding carboxylic acids is 1. The van der Waals surface area contributed by atoms with Crippen molar-refractivity contribution in [3.05, 3.63) is 36.2 Å². The minimum absolute atomic E-state index is 0.140. The van der Waals surface area contributed by atoms with Gasteiger partial charge in [-0.25, -0.2) is 9.78 Å². The molecule has 0 saturated carbocycles. The number of methoxy groups -OCH3 is 1. The molecule has 3 rings (SSSR count). The molecule has 2 atom stereocenters. The Bertz CT molecular complexity index is 734. The number of carboxylic acid groups (broad SMARTS) is 1. The first kappa shape index (κ1) is 14.4. The fourth-order valence-corrected chi connectivity index (χ4v) is 2.63. The number of para-hydroxylation sites is 2. The monoisotopic (exact) mass is 301 g/mol. The number of carbonyl (C=O) groups is 2. The molecule has 1 aromatic carbocycles. The Morgan fingerprint density at radius 3 is 2.73 bits per heavy atom. The molecule has 7 heteroatoms. The van der Waals surface area contributed by atoms with Crippen LogP contribution in [0.5, 0.6) is 0 Å². The van der Waals surface area contributed by atoms with Crippen LogP contribution in [0.25, 0.3) is 11.0 Å². The van der Waals surface area contributed by atoms with Gasteiger partial charge in [0.15, 0.2) is 0 Å². The van der Waals surface area contributed by atoms with E-state index in [2.05, 4.69) is 9.97 Å². The normalized spacial score (nSPS) is 21.2. The predicted molar refractivity (Wildman–Crippen MR) is 77.4 cm³/mol. The molecule has 0 aliphatic carbocycles. The molecule has 0 radical (unpaired) electrons. The molecule has 1 amide bonds. The summed E-state index contributed by atoms with van der Waals surface area (Å²) < 4.78 is 5.18. The van der Waals surface area contributed by atoms with Crippen LogP contribution >= 0.6 is 0 Å². The number of benzene rings is 1. The summed E-state index contributed by atoms with van der Waals surface area (Å²) in [7, 11) is 1.51. The van der Waals surface area contributed by atoms with Gasteiger partial charge in [0, 0.05) is 20.1 Å². The van der Waals surface area contributed by atoms with Gasteiger partial charge in [-0.3, -0.25) is 9.78 Å². The van der Waals surface area contributed by atoms with Gasteiger partial charge in [-0.2, -0.15) is 0 Å². The van der Waals surface area contributed by atoms with E-state index in [1.54, 1.807) is 12.1 Å². The highest BCUT2D eigenvalue weighted by atomic mass is 16.5. The molecular weight excluding hydrogens is 286 g/mol. The Kier molecular flexibility index (Phi) is 3.72. The Balaban J connectivity index is 1.92. The standard InChI is InChI=1S/C15H15N3O4/c1-22-9-6-13(15(20)21)18(8-9)14(19)12-7-16-10-4-2-3-5-11(10)17-12/h2-5,7,9,13H,6,8H2,1H3,(H,20,21). The van der Waals surface area contributed by atoms with Gasteiger partial charge in [-0.1, -0.05) is 12.1 Å². The van der Waals surface area contributed by atoms with Crippen molar-refractivity contribution in [3.63, 3.8) is 0 Å². The van der Waals surface area contributed by atoms with Crippen LogP contribution in [0.4, 0.5) is 0 Å². The third kappa shape index (κ3) is 2.50. The van der Waals surface area contributed by atoms with E-state index in [1.165, 1.54) is 18.2 Å². The molecule has 1 aliphatic heterocycles. The number of likely N-dealkylation sites (tertiary alicyclic amines) is 1. The molecular formula is C15H15N3O4. The molecule has 2 heterocycles. The first-order valence-electron chi connectivity index (χ1n) is 6.88. The predicted octanol–water partition coefficient (Wildman–Crippen LogP) is 0.944. The van der Waals surface area contributed by atoms with E-state index in [0.717, 1.165) is 0 Å². The molecule has 1 aromatic heterocycles. The molecule has 0 spiro atoms. The van der Waals surface area contributed by atoms with Gasteiger partial charge in [0.25, 0.3) is 5.91 Å². The minimum Gasteiger partial charge on any atom is -0.480 e. The van der Waals surface area contributed by atoms with Gasteiger partial charge >= 0.3 is 5.97 Å². The number of carboxylic acids is 1. The fourth-order valence-electron chi connectivity index (χ4n) is 2.63. The second-order valence-corrected chi connectivity index (χ2v) is 5.15. The number of fused-ring (bicyclic) bond motifs is 1. The van der Waals surface area contributed by atoms with Crippen molar-refractivity contribution >= 4 is 22.9 Å². The molecule has 1 saturated heterocycles. The van der Waals surface area contributed by atoms with Crippen LogP contribution in [0.2, 0.25) is 0 Å². The summed E-state index contributed by atoms with van der Waals surface area (Å²) in [5, 5.41) is 9.28. The van der Waals surface area contributed by atoms with Crippen molar-refractivity contribution in [2.75, 3.05) is 13.7 Å². The minimum atomic E-state index is -1.04. The maximum absolute atomic E-state index is 12.6. The van der Waals surface area contributed by atoms with Crippen molar-refractivity contribution in [2.45, 2.75) is 18.6 Å². The average Bonchev–Trinajstić information content (AvgIpc) is 2.98. The van der Waals surface area contributed by atoms with Crippen molar-refractivity contribution in [2.24, 2.45) is 0 Å². The van der Waals surface area contributed by atoms with E-state index in [0.29, 0.717) is 11.0 Å². The van der Waals surface area contributed by atoms with Crippen LogP contribution < -0.4 is 0 Å². The first-order chi connectivity index (χ1) is 10.6. The van der Waals surface area contributed by atoms with Crippen LogP contribution in [0, 0.1) is 0 Å². The number of ether oxygens (including phenoxy) is 1. The average molecular weight is 301 g/mol. The van der Waals surface area contributed by atoms with E-state index in [9.17, 15) is 14.7 Å². The molecule has 1 N–H and O–H groups in total. The zero-order valence-corrected chi connectivity index (χ0v) is 12.0. The van der Waals surface area contributed by atoms with Crippen LogP contribution in [-0.4, -0.2) is 57.7 Å². The van der Waals surface area contributed by atoms with Gasteiger partial charge in [0.2, 0.25) is 0 Å². The van der Waals surface area contributed by atoms with Gasteiger partial charge < -0.3 is 14.7 Å². The van der Waals surface area contributed by atoms with Crippen molar-refractivity contribution in [1.29, 1.82) is 0 Å². The summed E-state index contributed by atoms with van der Waals surface area (Å²) in [6.07, 6.45) is 1.38. The van der Waals surface area contributed by atoms with Crippen LogP contribution in [0.1, 0.15) is 16.9 Å². The molecule has 1 fully saturated rings. The number of hydrogen-bond donors (Lipinski definition) is 1. The summed E-state index contributed by atoms with van der Waals surface area (Å²) in [6.45, 7) is 0.237. The fraction of sp³-hybridized carbons (Fsp3) is 0.333. The van der Waals surface area contributed by atoms with E-state index < -0.39 is 17.9 Å². The van der Waals surface area contributed by atoms with Crippen molar-refractivity contribution in [1.82, 2.24) is 14.9 Å². The molecule has 2 aromatic rings. The zero-order chi connectivity index (χ0) is 15.7. The van der Waals surface area contributed by atoms with Gasteiger partial charge in [0.05, 0.1) is 23.3 Å². The lowest BCUT2D eigenvalue weighted by atomic mass is 10.2. The maximum Gasteiger partial charge on any atom is 0.326 e. The van der Waals surface area contributed by atoms with E-state index in [4.69, 9.17) is 4.74 Å². The maximum atomic E-state index is 12.6. The summed E-state index contributed by atoms with van der Waals surface area (Å²) in [5.74, 6) is -1.48. The number of aliphatic carboxylic acids is 1. The molecule has 22 heavy (non-hydrogen) atoms. The van der Waals surface area contributed by atoms with E-state index in [1.807, 2.05) is 12.1 Å². The Morgan fingerprint density at radius 1 is 1.32 bits per heavy atom. The third-order valence-electron chi connectivity index (χ3n) is 3.81. The molecule has 1 aliphatic rings. The lowest BCUT2D eigenvalue weighted by Gasteiger charge is -2.20. The number of nitrogens with zero attached hydrogens (tertiary/aromatic N) is 3. The van der Waals surface area contributed by atoms with Crippen molar-refractivity contribution < 1.29 is 19.4 Å². The van der Waals surface area contributed by atoms with Crippen molar-refractivity contribution in [3.8, 4) is 0 Å². The Hall–Kier alpha value is -2.54. The van der Waals surface area contributed by atoms with Gasteiger partial charge in [-0.15, -0.1) is 0 Å². The number of hydrogen-bond acceptors (Lipinski definition) is 5. The smallest absolute Gasteiger partial charge is 0.326 e. The summed E-state index contributed by atoms with van der Waals surface area (Å²) in [5.41, 5.74) is 1.43. The molecule has 7 nitrogen and oxygen atoms in total. The highest BCUT2D eigenvalue weighted by molar-refractivity contribution is 5.96. The summed E-state index contributed by atoms with van der Waals surface area (Å²) in [4.78, 5) is 33.7. The second kappa shape index (κ2) is 5.69. The third-order valence-corrected chi connectivity index (χ3v) is 3.81. The van der Waals surface area contributed by atoms with Crippen LogP contribution in [-0.2, 0) is 9.53 Å². The highest BCUT2D eigenvalue weighted by Crippen LogP contribution is 2.22. The van der Waals surface area contributed by atoms with E-state index >= 15 is 0 Å². The van der Waals surface area contributed by atoms with Crippen LogP contribution in [0.15, 0.2) is 30.5 Å².